The number of fused-ring (bicyclic) bond motifs is 1. The van der Waals surface area contributed by atoms with Crippen molar-refractivity contribution in [3.63, 3.8) is 0 Å². The summed E-state index contributed by atoms with van der Waals surface area (Å²) in [6, 6.07) is 4.13. The summed E-state index contributed by atoms with van der Waals surface area (Å²) in [5.41, 5.74) is 2.42. The molecular weight excluding hydrogens is 396 g/mol. The van der Waals surface area contributed by atoms with Crippen LogP contribution in [0.3, 0.4) is 0 Å². The van der Waals surface area contributed by atoms with Crippen molar-refractivity contribution in [2.45, 2.75) is 58.4 Å². The third-order valence-electron chi connectivity index (χ3n) is 5.48. The van der Waals surface area contributed by atoms with E-state index in [1.807, 2.05) is 20.8 Å². The van der Waals surface area contributed by atoms with Gasteiger partial charge in [-0.25, -0.2) is 0 Å². The number of nitrogens with one attached hydrogen (secondary N) is 1. The van der Waals surface area contributed by atoms with Crippen molar-refractivity contribution >= 4 is 5.91 Å². The highest BCUT2D eigenvalue weighted by molar-refractivity contribution is 5.75. The summed E-state index contributed by atoms with van der Waals surface area (Å²) in [5, 5.41) is 7.03. The highest BCUT2D eigenvalue weighted by Gasteiger charge is 2.21. The molecule has 0 unspecified atom stereocenters. The molecule has 1 aliphatic rings. The van der Waals surface area contributed by atoms with Crippen molar-refractivity contribution in [2.75, 3.05) is 33.9 Å². The number of aryl methyl sites for hydroxylation is 1. The Bertz CT molecular complexity index is 888. The molecule has 1 aromatic carbocycles. The largest absolute Gasteiger partial charge is 0.493 e. The Morgan fingerprint density at radius 3 is 2.55 bits per heavy atom. The first-order valence-corrected chi connectivity index (χ1v) is 10.9. The fourth-order valence-corrected chi connectivity index (χ4v) is 3.64. The lowest BCUT2D eigenvalue weighted by Crippen LogP contribution is -2.37. The van der Waals surface area contributed by atoms with Crippen molar-refractivity contribution in [3.8, 4) is 11.5 Å². The molecule has 1 amide bonds. The average molecular weight is 431 g/mol. The fraction of sp³-hybridized carbons (Fsp3) is 0.609. The number of amides is 1. The van der Waals surface area contributed by atoms with Crippen molar-refractivity contribution in [2.24, 2.45) is 0 Å². The van der Waals surface area contributed by atoms with Crippen molar-refractivity contribution in [1.29, 1.82) is 0 Å². The number of carbonyl (C=O) groups excluding carboxylic acids is 1. The molecular formula is C23H34N4O4. The maximum Gasteiger partial charge on any atom is 0.226 e. The van der Waals surface area contributed by atoms with Crippen molar-refractivity contribution < 1.29 is 18.8 Å². The van der Waals surface area contributed by atoms with Gasteiger partial charge in [-0.1, -0.05) is 25.9 Å². The molecule has 2 heterocycles. The van der Waals surface area contributed by atoms with Gasteiger partial charge in [0.25, 0.3) is 0 Å². The second kappa shape index (κ2) is 10.1. The van der Waals surface area contributed by atoms with Crippen LogP contribution in [0.4, 0.5) is 0 Å². The van der Waals surface area contributed by atoms with E-state index >= 15 is 0 Å². The van der Waals surface area contributed by atoms with Crippen LogP contribution in [0.2, 0.25) is 0 Å². The minimum absolute atomic E-state index is 0.0550. The second-order valence-electron chi connectivity index (χ2n) is 8.97. The molecule has 1 aromatic heterocycles. The van der Waals surface area contributed by atoms with Crippen LogP contribution in [0.5, 0.6) is 11.5 Å². The molecule has 0 saturated carbocycles. The summed E-state index contributed by atoms with van der Waals surface area (Å²) < 4.78 is 16.1. The normalized spacial score (nSPS) is 14.2. The van der Waals surface area contributed by atoms with E-state index in [2.05, 4.69) is 32.5 Å². The van der Waals surface area contributed by atoms with Gasteiger partial charge in [-0.2, -0.15) is 4.98 Å². The number of methoxy groups -OCH3 is 2. The zero-order valence-corrected chi connectivity index (χ0v) is 19.3. The Kier molecular flexibility index (Phi) is 7.54. The van der Waals surface area contributed by atoms with Gasteiger partial charge in [0, 0.05) is 44.4 Å². The number of hydrogen-bond acceptors (Lipinski definition) is 7. The van der Waals surface area contributed by atoms with E-state index in [0.717, 1.165) is 37.6 Å². The third-order valence-corrected chi connectivity index (χ3v) is 5.48. The van der Waals surface area contributed by atoms with Crippen LogP contribution in [0.15, 0.2) is 16.7 Å². The topological polar surface area (TPSA) is 89.7 Å². The van der Waals surface area contributed by atoms with Gasteiger partial charge in [0.15, 0.2) is 17.3 Å². The first kappa shape index (κ1) is 23.1. The van der Waals surface area contributed by atoms with Gasteiger partial charge >= 0.3 is 0 Å². The minimum atomic E-state index is -0.134. The molecule has 0 fully saturated rings. The summed E-state index contributed by atoms with van der Waals surface area (Å²) in [5.74, 6) is 2.88. The summed E-state index contributed by atoms with van der Waals surface area (Å²) in [6.07, 6.45) is 2.72. The minimum Gasteiger partial charge on any atom is -0.493 e. The number of rotatable bonds is 9. The first-order chi connectivity index (χ1) is 14.8. The third kappa shape index (κ3) is 6.19. The molecule has 170 valence electrons. The van der Waals surface area contributed by atoms with E-state index in [4.69, 9.17) is 14.0 Å². The van der Waals surface area contributed by atoms with Crippen molar-refractivity contribution in [1.82, 2.24) is 20.4 Å². The van der Waals surface area contributed by atoms with Gasteiger partial charge in [-0.3, -0.25) is 9.69 Å². The lowest BCUT2D eigenvalue weighted by molar-refractivity contribution is -0.121. The van der Waals surface area contributed by atoms with Crippen LogP contribution in [0.1, 0.15) is 56.5 Å². The lowest BCUT2D eigenvalue weighted by Gasteiger charge is -2.29. The average Bonchev–Trinajstić information content (AvgIpc) is 3.22. The molecule has 0 atom stereocenters. The number of aromatic nitrogens is 2. The van der Waals surface area contributed by atoms with E-state index in [0.29, 0.717) is 37.5 Å². The van der Waals surface area contributed by atoms with Crippen LogP contribution < -0.4 is 14.8 Å². The van der Waals surface area contributed by atoms with E-state index in [-0.39, 0.29) is 11.3 Å². The fourth-order valence-electron chi connectivity index (χ4n) is 3.64. The van der Waals surface area contributed by atoms with Gasteiger partial charge in [0.1, 0.15) is 0 Å². The second-order valence-corrected chi connectivity index (χ2v) is 8.97. The van der Waals surface area contributed by atoms with Gasteiger partial charge in [-0.05, 0) is 36.1 Å². The van der Waals surface area contributed by atoms with Crippen LogP contribution in [-0.4, -0.2) is 54.8 Å². The van der Waals surface area contributed by atoms with Crippen LogP contribution in [0.25, 0.3) is 0 Å². The predicted octanol–water partition coefficient (Wildman–Crippen LogP) is 2.88. The molecule has 0 aliphatic carbocycles. The van der Waals surface area contributed by atoms with Crippen LogP contribution >= 0.6 is 0 Å². The molecule has 31 heavy (non-hydrogen) atoms. The Balaban J connectivity index is 1.38. The molecule has 3 rings (SSSR count). The molecule has 8 nitrogen and oxygen atoms in total. The monoisotopic (exact) mass is 430 g/mol. The molecule has 0 radical (unpaired) electrons. The standard InChI is InChI=1S/C23H34N4O4/c1-23(2,3)22-25-21(31-26-22)8-6-7-20(28)24-10-12-27-11-9-16-13-18(29-4)19(30-5)14-17(16)15-27/h13-14H,6-12,15H2,1-5H3,(H,24,28). The van der Waals surface area contributed by atoms with Crippen LogP contribution in [-0.2, 0) is 29.6 Å². The van der Waals surface area contributed by atoms with Gasteiger partial charge in [0.2, 0.25) is 11.8 Å². The quantitative estimate of drug-likeness (QED) is 0.654. The van der Waals surface area contributed by atoms with Gasteiger partial charge in [0.05, 0.1) is 14.2 Å². The number of benzene rings is 1. The van der Waals surface area contributed by atoms with E-state index in [1.54, 1.807) is 14.2 Å². The Hall–Kier alpha value is -2.61. The zero-order chi connectivity index (χ0) is 22.4. The molecule has 0 spiro atoms. The SMILES string of the molecule is COc1cc2c(cc1OC)CN(CCNC(=O)CCCc1nc(C(C)(C)C)no1)CC2. The number of nitrogens with zero attached hydrogens (tertiary/aromatic N) is 3. The molecule has 8 heteroatoms. The van der Waals surface area contributed by atoms with E-state index in [1.165, 1.54) is 11.1 Å². The smallest absolute Gasteiger partial charge is 0.226 e. The van der Waals surface area contributed by atoms with E-state index < -0.39 is 0 Å². The number of hydrogen-bond donors (Lipinski definition) is 1. The molecule has 1 N–H and O–H groups in total. The van der Waals surface area contributed by atoms with Gasteiger partial charge < -0.3 is 19.3 Å². The first-order valence-electron chi connectivity index (χ1n) is 10.9. The Morgan fingerprint density at radius 2 is 1.90 bits per heavy atom. The molecule has 0 bridgehead atoms. The molecule has 1 aliphatic heterocycles. The summed E-state index contributed by atoms with van der Waals surface area (Å²) in [7, 11) is 3.32. The highest BCUT2D eigenvalue weighted by Crippen LogP contribution is 2.33. The zero-order valence-electron chi connectivity index (χ0n) is 19.3. The van der Waals surface area contributed by atoms with Gasteiger partial charge in [-0.15, -0.1) is 0 Å². The predicted molar refractivity (Wildman–Crippen MR) is 117 cm³/mol. The maximum absolute atomic E-state index is 12.2. The van der Waals surface area contributed by atoms with Crippen molar-refractivity contribution in [3.05, 3.63) is 35.0 Å². The molecule has 0 saturated heterocycles. The number of ether oxygens (including phenoxy) is 2. The molecule has 2 aromatic rings. The summed E-state index contributed by atoms with van der Waals surface area (Å²) >= 11 is 0. The maximum atomic E-state index is 12.2. The Morgan fingerprint density at radius 1 is 1.19 bits per heavy atom. The van der Waals surface area contributed by atoms with Crippen LogP contribution in [0, 0.1) is 0 Å². The Labute approximate surface area is 184 Å². The summed E-state index contributed by atoms with van der Waals surface area (Å²) in [4.78, 5) is 18.9. The highest BCUT2D eigenvalue weighted by atomic mass is 16.5. The van der Waals surface area contributed by atoms with E-state index in [9.17, 15) is 4.79 Å². The lowest BCUT2D eigenvalue weighted by atomic mass is 9.96. The summed E-state index contributed by atoms with van der Waals surface area (Å²) in [6.45, 7) is 9.40. The number of carbonyl (C=O) groups is 1.